The minimum Gasteiger partial charge on any atom is -0.388 e. The number of carbonyl (C=O) groups is 1. The van der Waals surface area contributed by atoms with E-state index in [0.717, 1.165) is 15.4 Å². The smallest absolute Gasteiger partial charge is 0.223 e. The maximum Gasteiger partial charge on any atom is 0.223 e. The summed E-state index contributed by atoms with van der Waals surface area (Å²) in [6, 6.07) is 9.20. The van der Waals surface area contributed by atoms with Gasteiger partial charge in [0, 0.05) is 11.1 Å². The van der Waals surface area contributed by atoms with Crippen LogP contribution >= 0.6 is 11.3 Å². The van der Waals surface area contributed by atoms with Gasteiger partial charge < -0.3 is 10.4 Å². The van der Waals surface area contributed by atoms with Gasteiger partial charge >= 0.3 is 0 Å². The molecule has 1 heterocycles. The molecule has 1 aromatic carbocycles. The fourth-order valence-electron chi connectivity index (χ4n) is 2.07. The third-order valence-electron chi connectivity index (χ3n) is 3.17. The topological polar surface area (TPSA) is 62.2 Å². The maximum absolute atomic E-state index is 12.1. The van der Waals surface area contributed by atoms with Gasteiger partial charge in [-0.1, -0.05) is 30.3 Å². The molecule has 0 fully saturated rings. The molecule has 2 aromatic rings. The average molecular weight is 304 g/mol. The molecule has 0 bridgehead atoms. The van der Waals surface area contributed by atoms with Gasteiger partial charge in [0.15, 0.2) is 0 Å². The summed E-state index contributed by atoms with van der Waals surface area (Å²) in [5.41, 5.74) is 0.211. The Morgan fingerprint density at radius 3 is 2.62 bits per heavy atom. The molecule has 0 aliphatic carbocycles. The molecule has 21 heavy (non-hydrogen) atoms. The van der Waals surface area contributed by atoms with Crippen molar-refractivity contribution in [2.45, 2.75) is 38.8 Å². The predicted molar refractivity (Wildman–Crippen MR) is 84.0 cm³/mol. The summed E-state index contributed by atoms with van der Waals surface area (Å²) in [6.45, 7) is 5.81. The fourth-order valence-corrected chi connectivity index (χ4v) is 2.89. The van der Waals surface area contributed by atoms with E-state index in [0.29, 0.717) is 0 Å². The summed E-state index contributed by atoms with van der Waals surface area (Å²) in [4.78, 5) is 17.6. The number of nitrogens with one attached hydrogen (secondary N) is 1. The summed E-state index contributed by atoms with van der Waals surface area (Å²) in [7, 11) is 0. The molecule has 2 rings (SSSR count). The lowest BCUT2D eigenvalue weighted by Crippen LogP contribution is -2.41. The Morgan fingerprint density at radius 1 is 1.38 bits per heavy atom. The van der Waals surface area contributed by atoms with Crippen LogP contribution in [-0.2, 0) is 10.3 Å². The summed E-state index contributed by atoms with van der Waals surface area (Å²) in [5, 5.41) is 13.9. The summed E-state index contributed by atoms with van der Waals surface area (Å²) in [5.74, 6) is -0.191. The first kappa shape index (κ1) is 15.7. The molecule has 0 spiro atoms. The number of thiazole rings is 1. The number of benzene rings is 1. The number of carbonyl (C=O) groups excluding carboxylic acids is 1. The Bertz CT molecular complexity index is 608. The quantitative estimate of drug-likeness (QED) is 0.893. The molecule has 1 amide bonds. The molecule has 2 N–H and O–H groups in total. The Kier molecular flexibility index (Phi) is 4.75. The van der Waals surface area contributed by atoms with E-state index in [4.69, 9.17) is 0 Å². The van der Waals surface area contributed by atoms with Gasteiger partial charge in [0.1, 0.15) is 5.01 Å². The highest BCUT2D eigenvalue weighted by Gasteiger charge is 2.27. The van der Waals surface area contributed by atoms with E-state index >= 15 is 0 Å². The van der Waals surface area contributed by atoms with Crippen LogP contribution in [0.15, 0.2) is 36.5 Å². The molecule has 0 aliphatic rings. The Balaban J connectivity index is 1.98. The van der Waals surface area contributed by atoms with Crippen LogP contribution in [0.3, 0.4) is 0 Å². The molecule has 112 valence electrons. The zero-order valence-corrected chi connectivity index (χ0v) is 13.3. The van der Waals surface area contributed by atoms with E-state index in [2.05, 4.69) is 10.3 Å². The highest BCUT2D eigenvalue weighted by molar-refractivity contribution is 7.11. The molecular weight excluding hydrogens is 284 g/mol. The van der Waals surface area contributed by atoms with Crippen molar-refractivity contribution in [2.24, 2.45) is 0 Å². The number of hydrogen-bond donors (Lipinski definition) is 2. The molecule has 4 nitrogen and oxygen atoms in total. The second-order valence-electron chi connectivity index (χ2n) is 5.58. The summed E-state index contributed by atoms with van der Waals surface area (Å²) in [6.07, 6.45) is 1.05. The molecule has 1 aromatic heterocycles. The number of aromatic nitrogens is 1. The van der Waals surface area contributed by atoms with Crippen LogP contribution < -0.4 is 5.32 Å². The second kappa shape index (κ2) is 6.37. The van der Waals surface area contributed by atoms with Crippen LogP contribution in [0.4, 0.5) is 0 Å². The molecule has 1 unspecified atom stereocenters. The lowest BCUT2D eigenvalue weighted by molar-refractivity contribution is -0.124. The van der Waals surface area contributed by atoms with Crippen molar-refractivity contribution >= 4 is 17.2 Å². The van der Waals surface area contributed by atoms with Gasteiger partial charge in [-0.05, 0) is 26.3 Å². The van der Waals surface area contributed by atoms with Crippen LogP contribution in [0.5, 0.6) is 0 Å². The van der Waals surface area contributed by atoms with E-state index in [1.54, 1.807) is 17.5 Å². The van der Waals surface area contributed by atoms with E-state index in [1.165, 1.54) is 0 Å². The molecule has 0 aliphatic heterocycles. The molecule has 0 radical (unpaired) electrons. The SMILES string of the molecule is Cc1cnc(C(C)(C)NC(=O)CC(O)c2ccccc2)s1. The highest BCUT2D eigenvalue weighted by Crippen LogP contribution is 2.25. The number of rotatable bonds is 5. The van der Waals surface area contributed by atoms with E-state index < -0.39 is 11.6 Å². The van der Waals surface area contributed by atoms with Gasteiger partial charge in [0.05, 0.1) is 18.1 Å². The number of aliphatic hydroxyl groups is 1. The van der Waals surface area contributed by atoms with Crippen molar-refractivity contribution in [1.82, 2.24) is 10.3 Å². The van der Waals surface area contributed by atoms with E-state index in [9.17, 15) is 9.90 Å². The number of hydrogen-bond acceptors (Lipinski definition) is 4. The summed E-state index contributed by atoms with van der Waals surface area (Å²) < 4.78 is 0. The Hall–Kier alpha value is -1.72. The van der Waals surface area contributed by atoms with Gasteiger partial charge in [-0.3, -0.25) is 4.79 Å². The van der Waals surface area contributed by atoms with Gasteiger partial charge in [-0.2, -0.15) is 0 Å². The molecule has 1 atom stereocenters. The van der Waals surface area contributed by atoms with Crippen LogP contribution in [-0.4, -0.2) is 16.0 Å². The van der Waals surface area contributed by atoms with Crippen LogP contribution in [0.25, 0.3) is 0 Å². The lowest BCUT2D eigenvalue weighted by Gasteiger charge is -2.24. The van der Waals surface area contributed by atoms with Crippen molar-refractivity contribution in [3.8, 4) is 0 Å². The zero-order valence-electron chi connectivity index (χ0n) is 12.5. The average Bonchev–Trinajstić information content (AvgIpc) is 2.86. The van der Waals surface area contributed by atoms with Gasteiger partial charge in [-0.15, -0.1) is 11.3 Å². The zero-order chi connectivity index (χ0) is 15.5. The molecule has 5 heteroatoms. The van der Waals surface area contributed by atoms with E-state index in [-0.39, 0.29) is 12.3 Å². The molecular formula is C16H20N2O2S. The fraction of sp³-hybridized carbons (Fsp3) is 0.375. The van der Waals surface area contributed by atoms with Crippen molar-refractivity contribution < 1.29 is 9.90 Å². The molecule has 0 saturated heterocycles. The number of aliphatic hydroxyl groups excluding tert-OH is 1. The van der Waals surface area contributed by atoms with Crippen LogP contribution in [0.2, 0.25) is 0 Å². The highest BCUT2D eigenvalue weighted by atomic mass is 32.1. The summed E-state index contributed by atoms with van der Waals surface area (Å²) >= 11 is 1.56. The minimum absolute atomic E-state index is 0.0395. The Morgan fingerprint density at radius 2 is 2.05 bits per heavy atom. The Labute approximate surface area is 128 Å². The number of nitrogens with zero attached hydrogens (tertiary/aromatic N) is 1. The largest absolute Gasteiger partial charge is 0.388 e. The van der Waals surface area contributed by atoms with Crippen LogP contribution in [0.1, 0.15) is 41.8 Å². The van der Waals surface area contributed by atoms with Crippen molar-refractivity contribution in [3.63, 3.8) is 0 Å². The van der Waals surface area contributed by atoms with Crippen molar-refractivity contribution in [3.05, 3.63) is 52.0 Å². The minimum atomic E-state index is -0.792. The van der Waals surface area contributed by atoms with E-state index in [1.807, 2.05) is 51.1 Å². The van der Waals surface area contributed by atoms with Gasteiger partial charge in [-0.25, -0.2) is 4.98 Å². The number of amides is 1. The number of aryl methyl sites for hydroxylation is 1. The lowest BCUT2D eigenvalue weighted by atomic mass is 10.0. The third-order valence-corrected chi connectivity index (χ3v) is 4.41. The first-order chi connectivity index (χ1) is 9.88. The standard InChI is InChI=1S/C16H20N2O2S/c1-11-10-17-15(21-11)16(2,3)18-14(20)9-13(19)12-7-5-4-6-8-12/h4-8,10,13,19H,9H2,1-3H3,(H,18,20). The monoisotopic (exact) mass is 304 g/mol. The normalized spacial score (nSPS) is 13.0. The van der Waals surface area contributed by atoms with Gasteiger partial charge in [0.2, 0.25) is 5.91 Å². The maximum atomic E-state index is 12.1. The van der Waals surface area contributed by atoms with Crippen molar-refractivity contribution in [1.29, 1.82) is 0 Å². The van der Waals surface area contributed by atoms with Gasteiger partial charge in [0.25, 0.3) is 0 Å². The van der Waals surface area contributed by atoms with Crippen molar-refractivity contribution in [2.75, 3.05) is 0 Å². The first-order valence-corrected chi connectivity index (χ1v) is 7.67. The predicted octanol–water partition coefficient (Wildman–Crippen LogP) is 2.93. The third kappa shape index (κ3) is 4.12. The first-order valence-electron chi connectivity index (χ1n) is 6.85. The second-order valence-corrected chi connectivity index (χ2v) is 6.81. The van der Waals surface area contributed by atoms with Crippen LogP contribution in [0, 0.1) is 6.92 Å². The molecule has 0 saturated carbocycles.